The maximum Gasteiger partial charge on any atom is 0.233 e. The molecule has 0 aromatic rings. The van der Waals surface area contributed by atoms with Crippen LogP contribution in [0.5, 0.6) is 0 Å². The molecule has 3 rings (SSSR count). The van der Waals surface area contributed by atoms with E-state index in [-0.39, 0.29) is 29.1 Å². The highest BCUT2D eigenvalue weighted by Crippen LogP contribution is 2.59. The third kappa shape index (κ3) is 0.668. The highest BCUT2D eigenvalue weighted by Gasteiger charge is 2.63. The monoisotopic (exact) mass is 191 g/mol. The Bertz CT molecular complexity index is 373. The Morgan fingerprint density at radius 2 is 2.14 bits per heavy atom. The van der Waals surface area contributed by atoms with Gasteiger partial charge in [-0.05, 0) is 17.8 Å². The van der Waals surface area contributed by atoms with Crippen LogP contribution in [-0.2, 0) is 9.59 Å². The van der Waals surface area contributed by atoms with Crippen LogP contribution in [-0.4, -0.2) is 23.8 Å². The highest BCUT2D eigenvalue weighted by molar-refractivity contribution is 6.06. The molecule has 2 fully saturated rings. The van der Waals surface area contributed by atoms with E-state index < -0.39 is 0 Å². The number of nitrogens with zero attached hydrogens (tertiary/aromatic N) is 1. The first-order valence-electron chi connectivity index (χ1n) is 5.05. The van der Waals surface area contributed by atoms with E-state index in [4.69, 9.17) is 0 Å². The number of carbonyl (C=O) groups is 2. The number of imide groups is 1. The van der Waals surface area contributed by atoms with Crippen molar-refractivity contribution in [1.29, 1.82) is 0 Å². The zero-order valence-electron chi connectivity index (χ0n) is 8.36. The molecule has 4 atom stereocenters. The maximum absolute atomic E-state index is 11.9. The second-order valence-corrected chi connectivity index (χ2v) is 4.97. The molecule has 4 unspecified atom stereocenters. The van der Waals surface area contributed by atoms with Gasteiger partial charge in [0.15, 0.2) is 0 Å². The van der Waals surface area contributed by atoms with Crippen molar-refractivity contribution >= 4 is 11.8 Å². The summed E-state index contributed by atoms with van der Waals surface area (Å²) in [6, 6.07) is 0. The number of carbonyl (C=O) groups excluding carboxylic acids is 2. The molecule has 0 aromatic heterocycles. The number of allylic oxidation sites excluding steroid dienone is 2. The topological polar surface area (TPSA) is 37.4 Å². The third-order valence-electron chi connectivity index (χ3n) is 4.14. The van der Waals surface area contributed by atoms with E-state index in [1.807, 2.05) is 0 Å². The fourth-order valence-electron chi connectivity index (χ4n) is 3.42. The summed E-state index contributed by atoms with van der Waals surface area (Å²) in [5, 5.41) is 0. The van der Waals surface area contributed by atoms with Crippen molar-refractivity contribution < 1.29 is 9.59 Å². The number of likely N-dealkylation sites (tertiary alicyclic amines) is 1. The Morgan fingerprint density at radius 3 is 2.79 bits per heavy atom. The molecule has 2 amide bonds. The molecule has 1 saturated carbocycles. The van der Waals surface area contributed by atoms with Gasteiger partial charge in [-0.25, -0.2) is 0 Å². The lowest BCUT2D eigenvalue weighted by Crippen LogP contribution is -2.31. The van der Waals surface area contributed by atoms with Gasteiger partial charge in [-0.2, -0.15) is 0 Å². The minimum atomic E-state index is -0.0741. The van der Waals surface area contributed by atoms with Gasteiger partial charge in [-0.1, -0.05) is 19.1 Å². The predicted molar refractivity (Wildman–Crippen MR) is 50.1 cm³/mol. The minimum absolute atomic E-state index is 0.0225. The number of hydrogen-bond acceptors (Lipinski definition) is 2. The van der Waals surface area contributed by atoms with Gasteiger partial charge in [0.1, 0.15) is 0 Å². The molecule has 0 radical (unpaired) electrons. The second-order valence-electron chi connectivity index (χ2n) is 4.97. The SMILES string of the molecule is CN1C(=O)C2C3C=CC(C)(C3)C2C1=O. The molecule has 2 aliphatic carbocycles. The van der Waals surface area contributed by atoms with Crippen LogP contribution in [0, 0.1) is 23.2 Å². The molecule has 2 bridgehead atoms. The molecule has 1 heterocycles. The van der Waals surface area contributed by atoms with Crippen molar-refractivity contribution in [1.82, 2.24) is 4.90 Å². The zero-order chi connectivity index (χ0) is 10.1. The van der Waals surface area contributed by atoms with E-state index in [1.54, 1.807) is 7.05 Å². The van der Waals surface area contributed by atoms with Crippen LogP contribution in [0.15, 0.2) is 12.2 Å². The van der Waals surface area contributed by atoms with Crippen LogP contribution < -0.4 is 0 Å². The first-order chi connectivity index (χ1) is 6.54. The Morgan fingerprint density at radius 1 is 1.43 bits per heavy atom. The fraction of sp³-hybridized carbons (Fsp3) is 0.636. The van der Waals surface area contributed by atoms with Crippen LogP contribution in [0.4, 0.5) is 0 Å². The van der Waals surface area contributed by atoms with Crippen LogP contribution >= 0.6 is 0 Å². The summed E-state index contributed by atoms with van der Waals surface area (Å²) in [6.07, 6.45) is 5.22. The Hall–Kier alpha value is -1.12. The van der Waals surface area contributed by atoms with Gasteiger partial charge in [0.25, 0.3) is 0 Å². The van der Waals surface area contributed by atoms with Crippen LogP contribution in [0.1, 0.15) is 13.3 Å². The van der Waals surface area contributed by atoms with Gasteiger partial charge < -0.3 is 0 Å². The van der Waals surface area contributed by atoms with Gasteiger partial charge in [-0.3, -0.25) is 14.5 Å². The van der Waals surface area contributed by atoms with Crippen molar-refractivity contribution in [2.45, 2.75) is 13.3 Å². The summed E-state index contributed by atoms with van der Waals surface area (Å²) in [7, 11) is 1.60. The summed E-state index contributed by atoms with van der Waals surface area (Å²) >= 11 is 0. The maximum atomic E-state index is 11.9. The van der Waals surface area contributed by atoms with Crippen molar-refractivity contribution in [3.63, 3.8) is 0 Å². The molecule has 0 N–H and O–H groups in total. The largest absolute Gasteiger partial charge is 0.285 e. The third-order valence-corrected chi connectivity index (χ3v) is 4.14. The number of hydrogen-bond donors (Lipinski definition) is 0. The summed E-state index contributed by atoms with van der Waals surface area (Å²) < 4.78 is 0. The molecule has 1 aliphatic heterocycles. The molecule has 3 nitrogen and oxygen atoms in total. The Balaban J connectivity index is 2.13. The number of fused-ring (bicyclic) bond motifs is 5. The average Bonchev–Trinajstić information content (AvgIpc) is 2.72. The lowest BCUT2D eigenvalue weighted by molar-refractivity contribution is -0.139. The molecule has 3 heteroatoms. The van der Waals surface area contributed by atoms with Gasteiger partial charge in [0.2, 0.25) is 11.8 Å². The van der Waals surface area contributed by atoms with Crippen LogP contribution in [0.25, 0.3) is 0 Å². The predicted octanol–water partition coefficient (Wildman–Crippen LogP) is 0.813. The van der Waals surface area contributed by atoms with Crippen molar-refractivity contribution in [2.75, 3.05) is 7.05 Å². The normalized spacial score (nSPS) is 49.3. The van der Waals surface area contributed by atoms with Crippen molar-refractivity contribution in [3.05, 3.63) is 12.2 Å². The highest BCUT2D eigenvalue weighted by atomic mass is 16.2. The van der Waals surface area contributed by atoms with E-state index in [9.17, 15) is 9.59 Å². The quantitative estimate of drug-likeness (QED) is 0.420. The van der Waals surface area contributed by atoms with Crippen LogP contribution in [0.3, 0.4) is 0 Å². The minimum Gasteiger partial charge on any atom is -0.285 e. The van der Waals surface area contributed by atoms with Crippen molar-refractivity contribution in [2.24, 2.45) is 23.2 Å². The van der Waals surface area contributed by atoms with Gasteiger partial charge >= 0.3 is 0 Å². The molecule has 3 aliphatic rings. The summed E-state index contributed by atoms with van der Waals surface area (Å²) in [6.45, 7) is 2.10. The number of amides is 2. The molecule has 74 valence electrons. The van der Waals surface area contributed by atoms with Crippen LogP contribution in [0.2, 0.25) is 0 Å². The zero-order valence-corrected chi connectivity index (χ0v) is 8.36. The first-order valence-corrected chi connectivity index (χ1v) is 5.05. The number of rotatable bonds is 0. The van der Waals surface area contributed by atoms with Crippen molar-refractivity contribution in [3.8, 4) is 0 Å². The molecule has 14 heavy (non-hydrogen) atoms. The Kier molecular flexibility index (Phi) is 1.23. The lowest BCUT2D eigenvalue weighted by atomic mass is 9.76. The standard InChI is InChI=1S/C11H13NO2/c1-11-4-3-6(5-11)7-8(11)10(14)12(2)9(7)13/h3-4,6-8H,5H2,1-2H3. The summed E-state index contributed by atoms with van der Waals surface area (Å²) in [5.41, 5.74) is -0.0488. The molecular weight excluding hydrogens is 178 g/mol. The fourth-order valence-corrected chi connectivity index (χ4v) is 3.42. The van der Waals surface area contributed by atoms with E-state index in [0.717, 1.165) is 6.42 Å². The lowest BCUT2D eigenvalue weighted by Gasteiger charge is -2.25. The summed E-state index contributed by atoms with van der Waals surface area (Å²) in [5.74, 6) is 0.233. The molecule has 0 aromatic carbocycles. The first kappa shape index (κ1) is 8.21. The molecule has 1 saturated heterocycles. The Labute approximate surface area is 82.8 Å². The van der Waals surface area contributed by atoms with E-state index in [0.29, 0.717) is 5.92 Å². The average molecular weight is 191 g/mol. The second kappa shape index (κ2) is 2.10. The van der Waals surface area contributed by atoms with E-state index >= 15 is 0 Å². The van der Waals surface area contributed by atoms with E-state index in [2.05, 4.69) is 19.1 Å². The van der Waals surface area contributed by atoms with Gasteiger partial charge in [-0.15, -0.1) is 0 Å². The van der Waals surface area contributed by atoms with Gasteiger partial charge in [0, 0.05) is 7.05 Å². The summed E-state index contributed by atoms with van der Waals surface area (Å²) in [4.78, 5) is 25.0. The smallest absolute Gasteiger partial charge is 0.233 e. The van der Waals surface area contributed by atoms with Gasteiger partial charge in [0.05, 0.1) is 11.8 Å². The molecule has 0 spiro atoms. The van der Waals surface area contributed by atoms with E-state index in [1.165, 1.54) is 4.90 Å². The molecular formula is C11H13NO2.